The summed E-state index contributed by atoms with van der Waals surface area (Å²) in [6.07, 6.45) is 0.484. The van der Waals surface area contributed by atoms with Crippen LogP contribution in [0.4, 0.5) is 5.13 Å². The fourth-order valence-corrected chi connectivity index (χ4v) is 2.63. The maximum absolute atomic E-state index is 11.9. The van der Waals surface area contributed by atoms with Crippen LogP contribution in [0.1, 0.15) is 17.5 Å². The van der Waals surface area contributed by atoms with Crippen LogP contribution in [0.15, 0.2) is 0 Å². The number of morpholine rings is 1. The predicted molar refractivity (Wildman–Crippen MR) is 74.7 cm³/mol. The largest absolute Gasteiger partial charge is 0.366 e. The fraction of sp³-hybridized carbons (Fsp3) is 0.636. The predicted octanol–water partition coefficient (Wildman–Crippen LogP) is 1.36. The Labute approximate surface area is 117 Å². The van der Waals surface area contributed by atoms with Crippen molar-refractivity contribution in [1.82, 2.24) is 10.3 Å². The molecule has 18 heavy (non-hydrogen) atoms. The van der Waals surface area contributed by atoms with E-state index in [1.807, 2.05) is 6.92 Å². The van der Waals surface area contributed by atoms with Gasteiger partial charge >= 0.3 is 0 Å². The van der Waals surface area contributed by atoms with E-state index < -0.39 is 6.10 Å². The van der Waals surface area contributed by atoms with Crippen LogP contribution in [0.2, 0.25) is 0 Å². The van der Waals surface area contributed by atoms with Gasteiger partial charge in [-0.05, 0) is 13.3 Å². The average molecular weight is 292 g/mol. The van der Waals surface area contributed by atoms with Gasteiger partial charge in [-0.3, -0.25) is 10.1 Å². The molecular weight excluding hydrogens is 274 g/mol. The van der Waals surface area contributed by atoms with Gasteiger partial charge in [0.25, 0.3) is 5.91 Å². The molecule has 1 saturated heterocycles. The van der Waals surface area contributed by atoms with E-state index in [-0.39, 0.29) is 18.3 Å². The number of aromatic nitrogens is 1. The lowest BCUT2D eigenvalue weighted by Gasteiger charge is -2.22. The third kappa shape index (κ3) is 3.65. The Morgan fingerprint density at radius 1 is 1.67 bits per heavy atom. The van der Waals surface area contributed by atoms with E-state index in [1.165, 1.54) is 11.3 Å². The quantitative estimate of drug-likeness (QED) is 0.883. The summed E-state index contributed by atoms with van der Waals surface area (Å²) in [6, 6.07) is 0. The third-order valence-electron chi connectivity index (χ3n) is 2.68. The highest BCUT2D eigenvalue weighted by atomic mass is 35.5. The van der Waals surface area contributed by atoms with E-state index in [1.54, 1.807) is 0 Å². The van der Waals surface area contributed by atoms with Crippen LogP contribution in [0.3, 0.4) is 0 Å². The van der Waals surface area contributed by atoms with Crippen molar-refractivity contribution in [2.75, 3.05) is 25.0 Å². The minimum atomic E-state index is -0.405. The molecule has 2 rings (SSSR count). The van der Waals surface area contributed by atoms with Crippen LogP contribution in [0, 0.1) is 6.92 Å². The first kappa shape index (κ1) is 15.4. The lowest BCUT2D eigenvalue weighted by atomic mass is 10.3. The molecule has 1 aliphatic heterocycles. The van der Waals surface area contributed by atoms with Gasteiger partial charge in [0.2, 0.25) is 0 Å². The summed E-state index contributed by atoms with van der Waals surface area (Å²) in [5.74, 6) is -0.117. The first-order valence-electron chi connectivity index (χ1n) is 5.80. The SMILES string of the molecule is CCc1nc(NC(=O)C2CNCCO2)sc1C.Cl. The maximum Gasteiger partial charge on any atom is 0.256 e. The number of carbonyl (C=O) groups is 1. The second-order valence-electron chi connectivity index (χ2n) is 3.93. The van der Waals surface area contributed by atoms with Gasteiger partial charge < -0.3 is 10.1 Å². The molecule has 0 aromatic carbocycles. The van der Waals surface area contributed by atoms with Crippen LogP contribution in [0.5, 0.6) is 0 Å². The zero-order valence-electron chi connectivity index (χ0n) is 10.5. The second kappa shape index (κ2) is 7.04. The topological polar surface area (TPSA) is 63.2 Å². The highest BCUT2D eigenvalue weighted by molar-refractivity contribution is 7.15. The highest BCUT2D eigenvalue weighted by Gasteiger charge is 2.22. The molecule has 2 heterocycles. The number of ether oxygens (including phenoxy) is 1. The molecule has 1 aliphatic rings. The van der Waals surface area contributed by atoms with Gasteiger partial charge in [0.05, 0.1) is 12.3 Å². The third-order valence-corrected chi connectivity index (χ3v) is 3.61. The Balaban J connectivity index is 0.00000162. The Morgan fingerprint density at radius 2 is 2.44 bits per heavy atom. The van der Waals surface area contributed by atoms with Crippen LogP contribution in [-0.2, 0) is 16.0 Å². The molecule has 0 saturated carbocycles. The molecule has 1 aromatic rings. The summed E-state index contributed by atoms with van der Waals surface area (Å²) in [7, 11) is 0. The summed E-state index contributed by atoms with van der Waals surface area (Å²) in [5.41, 5.74) is 1.05. The van der Waals surface area contributed by atoms with E-state index in [2.05, 4.69) is 22.5 Å². The van der Waals surface area contributed by atoms with Crippen molar-refractivity contribution in [2.45, 2.75) is 26.4 Å². The molecule has 0 aliphatic carbocycles. The number of amides is 1. The lowest BCUT2D eigenvalue weighted by Crippen LogP contribution is -2.45. The van der Waals surface area contributed by atoms with Gasteiger partial charge in [-0.15, -0.1) is 23.7 Å². The average Bonchev–Trinajstić information content (AvgIpc) is 2.70. The number of anilines is 1. The van der Waals surface area contributed by atoms with Crippen molar-refractivity contribution in [3.8, 4) is 0 Å². The molecule has 0 spiro atoms. The van der Waals surface area contributed by atoms with Crippen molar-refractivity contribution in [3.05, 3.63) is 10.6 Å². The van der Waals surface area contributed by atoms with Crippen LogP contribution in [-0.4, -0.2) is 36.7 Å². The number of halogens is 1. The molecule has 2 N–H and O–H groups in total. The number of hydrogen-bond acceptors (Lipinski definition) is 5. The molecule has 5 nitrogen and oxygen atoms in total. The van der Waals surface area contributed by atoms with E-state index >= 15 is 0 Å². The van der Waals surface area contributed by atoms with Crippen molar-refractivity contribution < 1.29 is 9.53 Å². The van der Waals surface area contributed by atoms with E-state index in [0.717, 1.165) is 23.5 Å². The fourth-order valence-electron chi connectivity index (χ4n) is 1.73. The Kier molecular flexibility index (Phi) is 6.01. The summed E-state index contributed by atoms with van der Waals surface area (Å²) in [4.78, 5) is 17.4. The van der Waals surface area contributed by atoms with Crippen molar-refractivity contribution in [3.63, 3.8) is 0 Å². The number of thiazole rings is 1. The summed E-state index contributed by atoms with van der Waals surface area (Å²) in [5, 5.41) is 6.60. The first-order valence-corrected chi connectivity index (χ1v) is 6.62. The normalized spacial score (nSPS) is 19.1. The van der Waals surface area contributed by atoms with Gasteiger partial charge in [-0.1, -0.05) is 6.92 Å². The number of aryl methyl sites for hydroxylation is 2. The molecule has 102 valence electrons. The molecule has 1 aromatic heterocycles. The smallest absolute Gasteiger partial charge is 0.256 e. The van der Waals surface area contributed by atoms with Gasteiger partial charge in [0, 0.05) is 18.0 Å². The minimum Gasteiger partial charge on any atom is -0.366 e. The van der Waals surface area contributed by atoms with Gasteiger partial charge in [-0.25, -0.2) is 4.98 Å². The lowest BCUT2D eigenvalue weighted by molar-refractivity contribution is -0.128. The number of nitrogens with zero attached hydrogens (tertiary/aromatic N) is 1. The molecule has 1 unspecified atom stereocenters. The number of rotatable bonds is 3. The van der Waals surface area contributed by atoms with Crippen molar-refractivity contribution in [1.29, 1.82) is 0 Å². The van der Waals surface area contributed by atoms with Gasteiger partial charge in [0.15, 0.2) is 5.13 Å². The van der Waals surface area contributed by atoms with Gasteiger partial charge in [0.1, 0.15) is 6.10 Å². The Hall–Kier alpha value is -0.690. The number of carbonyl (C=O) groups excluding carboxylic acids is 1. The van der Waals surface area contributed by atoms with Crippen LogP contribution < -0.4 is 10.6 Å². The molecule has 1 fully saturated rings. The molecule has 1 atom stereocenters. The standard InChI is InChI=1S/C11H17N3O2S.ClH/c1-3-8-7(2)17-11(13-8)14-10(15)9-6-12-4-5-16-9;/h9,12H,3-6H2,1-2H3,(H,13,14,15);1H. The van der Waals surface area contributed by atoms with E-state index in [4.69, 9.17) is 4.74 Å². The number of hydrogen-bond donors (Lipinski definition) is 2. The molecule has 7 heteroatoms. The van der Waals surface area contributed by atoms with Crippen molar-refractivity contribution in [2.24, 2.45) is 0 Å². The molecular formula is C11H18ClN3O2S. The van der Waals surface area contributed by atoms with Crippen LogP contribution >= 0.6 is 23.7 Å². The highest BCUT2D eigenvalue weighted by Crippen LogP contribution is 2.22. The summed E-state index contributed by atoms with van der Waals surface area (Å²) < 4.78 is 5.38. The first-order chi connectivity index (χ1) is 8.20. The van der Waals surface area contributed by atoms with Crippen LogP contribution in [0.25, 0.3) is 0 Å². The minimum absolute atomic E-state index is 0. The zero-order valence-corrected chi connectivity index (χ0v) is 12.1. The Bertz CT molecular complexity index is 405. The second-order valence-corrected chi connectivity index (χ2v) is 5.13. The molecule has 1 amide bonds. The maximum atomic E-state index is 11.9. The van der Waals surface area contributed by atoms with E-state index in [9.17, 15) is 4.79 Å². The van der Waals surface area contributed by atoms with Crippen molar-refractivity contribution >= 4 is 34.8 Å². The van der Waals surface area contributed by atoms with E-state index in [0.29, 0.717) is 18.3 Å². The number of nitrogens with one attached hydrogen (secondary N) is 2. The molecule has 0 radical (unpaired) electrons. The van der Waals surface area contributed by atoms with Gasteiger partial charge in [-0.2, -0.15) is 0 Å². The Morgan fingerprint density at radius 3 is 3.00 bits per heavy atom. The zero-order chi connectivity index (χ0) is 12.3. The summed E-state index contributed by atoms with van der Waals surface area (Å²) >= 11 is 1.51. The monoisotopic (exact) mass is 291 g/mol. The molecule has 0 bridgehead atoms. The summed E-state index contributed by atoms with van der Waals surface area (Å²) in [6.45, 7) is 6.03.